The first-order valence-corrected chi connectivity index (χ1v) is 6.69. The van der Waals surface area contributed by atoms with Crippen molar-refractivity contribution in [3.63, 3.8) is 0 Å². The van der Waals surface area contributed by atoms with Crippen molar-refractivity contribution in [1.82, 2.24) is 0 Å². The Morgan fingerprint density at radius 3 is 2.65 bits per heavy atom. The Kier molecular flexibility index (Phi) is 5.06. The predicted octanol–water partition coefficient (Wildman–Crippen LogP) is 3.82. The Balaban J connectivity index is 2.03. The predicted molar refractivity (Wildman–Crippen MR) is 80.9 cm³/mol. The molecule has 2 aromatic carbocycles. The first-order chi connectivity index (χ1) is 9.66. The molecule has 3 heteroatoms. The van der Waals surface area contributed by atoms with E-state index in [1.54, 1.807) is 25.1 Å². The highest BCUT2D eigenvalue weighted by atomic mass is 35.5. The quantitative estimate of drug-likeness (QED) is 0.869. The summed E-state index contributed by atoms with van der Waals surface area (Å²) in [4.78, 5) is 0. The highest BCUT2D eigenvalue weighted by Crippen LogP contribution is 2.28. The summed E-state index contributed by atoms with van der Waals surface area (Å²) in [7, 11) is 0. The average Bonchev–Trinajstić information content (AvgIpc) is 2.45. The molecule has 102 valence electrons. The summed E-state index contributed by atoms with van der Waals surface area (Å²) in [6, 6.07) is 14.9. The molecule has 0 bridgehead atoms. The molecule has 2 aromatic rings. The van der Waals surface area contributed by atoms with Gasteiger partial charge in [0.1, 0.15) is 12.4 Å². The molecular formula is C17H15ClO2. The van der Waals surface area contributed by atoms with Crippen LogP contribution in [0, 0.1) is 11.8 Å². The summed E-state index contributed by atoms with van der Waals surface area (Å²) in [6.07, 6.45) is -0.634. The Hall–Kier alpha value is -1.95. The molecule has 1 N–H and O–H groups in total. The summed E-state index contributed by atoms with van der Waals surface area (Å²) in [6.45, 7) is 1.93. The molecule has 0 aromatic heterocycles. The SMILES string of the molecule is C[C@@H](O)c1cc(Cl)ccc1OCC#Cc1ccccc1. The zero-order chi connectivity index (χ0) is 14.4. The van der Waals surface area contributed by atoms with Gasteiger partial charge >= 0.3 is 0 Å². The average molecular weight is 287 g/mol. The third-order valence-electron chi connectivity index (χ3n) is 2.73. The Morgan fingerprint density at radius 2 is 1.95 bits per heavy atom. The van der Waals surface area contributed by atoms with Gasteiger partial charge in [0.15, 0.2) is 0 Å². The second-order valence-corrected chi connectivity index (χ2v) is 4.75. The number of aliphatic hydroxyl groups excluding tert-OH is 1. The lowest BCUT2D eigenvalue weighted by Gasteiger charge is -2.12. The Labute approximate surface area is 124 Å². The van der Waals surface area contributed by atoms with Crippen LogP contribution in [0.25, 0.3) is 0 Å². The summed E-state index contributed by atoms with van der Waals surface area (Å²) in [5.74, 6) is 6.56. The lowest BCUT2D eigenvalue weighted by Crippen LogP contribution is -2.00. The largest absolute Gasteiger partial charge is 0.481 e. The fourth-order valence-electron chi connectivity index (χ4n) is 1.75. The molecule has 0 aliphatic carbocycles. The summed E-state index contributed by atoms with van der Waals surface area (Å²) >= 11 is 5.91. The van der Waals surface area contributed by atoms with Crippen molar-refractivity contribution in [2.24, 2.45) is 0 Å². The number of ether oxygens (including phenoxy) is 1. The van der Waals surface area contributed by atoms with E-state index in [-0.39, 0.29) is 6.61 Å². The van der Waals surface area contributed by atoms with Gasteiger partial charge in [0.2, 0.25) is 0 Å². The molecule has 0 fully saturated rings. The molecule has 0 heterocycles. The van der Waals surface area contributed by atoms with Crippen molar-refractivity contribution in [2.75, 3.05) is 6.61 Å². The lowest BCUT2D eigenvalue weighted by atomic mass is 10.1. The molecular weight excluding hydrogens is 272 g/mol. The van der Waals surface area contributed by atoms with E-state index in [1.807, 2.05) is 30.3 Å². The number of halogens is 1. The zero-order valence-electron chi connectivity index (χ0n) is 11.1. The van der Waals surface area contributed by atoms with E-state index in [2.05, 4.69) is 11.8 Å². The van der Waals surface area contributed by atoms with Gasteiger partial charge in [0, 0.05) is 16.1 Å². The van der Waals surface area contributed by atoms with Gasteiger partial charge in [0.25, 0.3) is 0 Å². The van der Waals surface area contributed by atoms with Crippen molar-refractivity contribution in [2.45, 2.75) is 13.0 Å². The lowest BCUT2D eigenvalue weighted by molar-refractivity contribution is 0.193. The summed E-state index contributed by atoms with van der Waals surface area (Å²) in [5, 5.41) is 10.3. The van der Waals surface area contributed by atoms with Crippen LogP contribution in [0.4, 0.5) is 0 Å². The van der Waals surface area contributed by atoms with Crippen LogP contribution in [-0.4, -0.2) is 11.7 Å². The van der Waals surface area contributed by atoms with Gasteiger partial charge in [-0.1, -0.05) is 41.6 Å². The van der Waals surface area contributed by atoms with E-state index >= 15 is 0 Å². The minimum atomic E-state index is -0.634. The first-order valence-electron chi connectivity index (χ1n) is 6.31. The van der Waals surface area contributed by atoms with Crippen LogP contribution in [0.1, 0.15) is 24.2 Å². The number of rotatable bonds is 3. The van der Waals surface area contributed by atoms with E-state index in [4.69, 9.17) is 16.3 Å². The van der Waals surface area contributed by atoms with Crippen LogP contribution in [0.3, 0.4) is 0 Å². The number of benzene rings is 2. The summed E-state index contributed by atoms with van der Waals surface area (Å²) < 4.78 is 5.58. The molecule has 0 radical (unpaired) electrons. The maximum Gasteiger partial charge on any atom is 0.149 e. The maximum atomic E-state index is 9.69. The molecule has 2 rings (SSSR count). The van der Waals surface area contributed by atoms with Crippen molar-refractivity contribution in [1.29, 1.82) is 0 Å². The normalized spacial score (nSPS) is 11.3. The molecule has 0 aliphatic rings. The van der Waals surface area contributed by atoms with Crippen molar-refractivity contribution in [3.8, 4) is 17.6 Å². The third-order valence-corrected chi connectivity index (χ3v) is 2.96. The van der Waals surface area contributed by atoms with Crippen molar-refractivity contribution >= 4 is 11.6 Å². The van der Waals surface area contributed by atoms with Gasteiger partial charge in [-0.3, -0.25) is 0 Å². The summed E-state index contributed by atoms with van der Waals surface area (Å²) in [5.41, 5.74) is 1.61. The fourth-order valence-corrected chi connectivity index (χ4v) is 1.93. The number of hydrogen-bond acceptors (Lipinski definition) is 2. The van der Waals surface area contributed by atoms with E-state index in [1.165, 1.54) is 0 Å². The van der Waals surface area contributed by atoms with Crippen LogP contribution < -0.4 is 4.74 Å². The molecule has 2 nitrogen and oxygen atoms in total. The van der Waals surface area contributed by atoms with Crippen LogP contribution >= 0.6 is 11.6 Å². The zero-order valence-corrected chi connectivity index (χ0v) is 11.9. The van der Waals surface area contributed by atoms with Gasteiger partial charge in [-0.15, -0.1) is 0 Å². The topological polar surface area (TPSA) is 29.5 Å². The van der Waals surface area contributed by atoms with Gasteiger partial charge < -0.3 is 9.84 Å². The molecule has 0 unspecified atom stereocenters. The minimum Gasteiger partial charge on any atom is -0.481 e. The number of hydrogen-bond donors (Lipinski definition) is 1. The second kappa shape index (κ2) is 7.00. The monoisotopic (exact) mass is 286 g/mol. The fraction of sp³-hybridized carbons (Fsp3) is 0.176. The second-order valence-electron chi connectivity index (χ2n) is 4.31. The standard InChI is InChI=1S/C17H15ClO2/c1-13(19)16-12-15(18)9-10-17(16)20-11-5-8-14-6-3-2-4-7-14/h2-4,6-7,9-10,12-13,19H,11H2,1H3/t13-/m1/s1. The van der Waals surface area contributed by atoms with Gasteiger partial charge in [0.05, 0.1) is 6.10 Å². The molecule has 0 spiro atoms. The van der Waals surface area contributed by atoms with Crippen LogP contribution in [0.15, 0.2) is 48.5 Å². The van der Waals surface area contributed by atoms with Crippen molar-refractivity contribution < 1.29 is 9.84 Å². The van der Waals surface area contributed by atoms with E-state index in [0.717, 1.165) is 5.56 Å². The van der Waals surface area contributed by atoms with Crippen molar-refractivity contribution in [3.05, 3.63) is 64.7 Å². The smallest absolute Gasteiger partial charge is 0.149 e. The van der Waals surface area contributed by atoms with E-state index < -0.39 is 6.10 Å². The Morgan fingerprint density at radius 1 is 1.20 bits per heavy atom. The van der Waals surface area contributed by atoms with Gasteiger partial charge in [-0.05, 0) is 37.3 Å². The number of aliphatic hydroxyl groups is 1. The van der Waals surface area contributed by atoms with Gasteiger partial charge in [-0.2, -0.15) is 0 Å². The van der Waals surface area contributed by atoms with Crippen LogP contribution in [-0.2, 0) is 0 Å². The molecule has 20 heavy (non-hydrogen) atoms. The highest BCUT2D eigenvalue weighted by molar-refractivity contribution is 6.30. The molecule has 0 aliphatic heterocycles. The van der Waals surface area contributed by atoms with E-state index in [0.29, 0.717) is 16.3 Å². The third kappa shape index (κ3) is 4.03. The maximum absolute atomic E-state index is 9.69. The first kappa shape index (κ1) is 14.5. The highest BCUT2D eigenvalue weighted by Gasteiger charge is 2.09. The van der Waals surface area contributed by atoms with Gasteiger partial charge in [-0.25, -0.2) is 0 Å². The van der Waals surface area contributed by atoms with Crippen LogP contribution in [0.2, 0.25) is 5.02 Å². The molecule has 0 saturated carbocycles. The Bertz CT molecular complexity index is 624. The van der Waals surface area contributed by atoms with Crippen LogP contribution in [0.5, 0.6) is 5.75 Å². The minimum absolute atomic E-state index is 0.260. The van der Waals surface area contributed by atoms with E-state index in [9.17, 15) is 5.11 Å². The molecule has 1 atom stereocenters. The molecule has 0 amide bonds. The molecule has 0 saturated heterocycles.